The standard InChI is InChI=1S/C12H15ClN2O2/c13-10-1-3-11(4-2-10)17-8-7-15-6-5-14-12(16)9-15/h1-4H,5-9H2,(H,14,16). The van der Waals surface area contributed by atoms with E-state index in [1.165, 1.54) is 0 Å². The van der Waals surface area contributed by atoms with Crippen LogP contribution < -0.4 is 10.1 Å². The molecule has 0 bridgehead atoms. The Labute approximate surface area is 106 Å². The highest BCUT2D eigenvalue weighted by atomic mass is 35.5. The van der Waals surface area contributed by atoms with E-state index in [1.54, 1.807) is 12.1 Å². The van der Waals surface area contributed by atoms with Gasteiger partial charge in [-0.3, -0.25) is 9.69 Å². The summed E-state index contributed by atoms with van der Waals surface area (Å²) in [5.41, 5.74) is 0. The molecule has 1 aromatic carbocycles. The van der Waals surface area contributed by atoms with Crippen LogP contribution in [0, 0.1) is 0 Å². The van der Waals surface area contributed by atoms with Gasteiger partial charge in [-0.15, -0.1) is 0 Å². The molecule has 4 nitrogen and oxygen atoms in total. The van der Waals surface area contributed by atoms with E-state index in [4.69, 9.17) is 16.3 Å². The fourth-order valence-corrected chi connectivity index (χ4v) is 1.83. The van der Waals surface area contributed by atoms with E-state index in [1.807, 2.05) is 12.1 Å². The Balaban J connectivity index is 1.72. The zero-order chi connectivity index (χ0) is 12.1. The van der Waals surface area contributed by atoms with Gasteiger partial charge in [-0.2, -0.15) is 0 Å². The van der Waals surface area contributed by atoms with Gasteiger partial charge in [0.05, 0.1) is 6.54 Å². The highest BCUT2D eigenvalue weighted by Crippen LogP contribution is 2.15. The highest BCUT2D eigenvalue weighted by molar-refractivity contribution is 6.30. The van der Waals surface area contributed by atoms with Gasteiger partial charge >= 0.3 is 0 Å². The molecule has 1 fully saturated rings. The van der Waals surface area contributed by atoms with Crippen molar-refractivity contribution in [2.45, 2.75) is 0 Å². The van der Waals surface area contributed by atoms with E-state index in [9.17, 15) is 4.79 Å². The average molecular weight is 255 g/mol. The predicted octanol–water partition coefficient (Wildman–Crippen LogP) is 1.15. The number of piperazine rings is 1. The first kappa shape index (κ1) is 12.2. The summed E-state index contributed by atoms with van der Waals surface area (Å²) >= 11 is 5.78. The van der Waals surface area contributed by atoms with Gasteiger partial charge < -0.3 is 10.1 Å². The minimum Gasteiger partial charge on any atom is -0.492 e. The Morgan fingerprint density at radius 3 is 2.82 bits per heavy atom. The van der Waals surface area contributed by atoms with Crippen molar-refractivity contribution in [1.82, 2.24) is 10.2 Å². The molecule has 1 heterocycles. The second-order valence-corrected chi connectivity index (χ2v) is 4.36. The molecule has 0 aromatic heterocycles. The molecular weight excluding hydrogens is 240 g/mol. The number of amides is 1. The molecule has 0 unspecified atom stereocenters. The first-order chi connectivity index (χ1) is 8.24. The number of ether oxygens (including phenoxy) is 1. The van der Waals surface area contributed by atoms with Crippen LogP contribution in [-0.4, -0.2) is 43.6 Å². The van der Waals surface area contributed by atoms with Crippen molar-refractivity contribution in [2.24, 2.45) is 0 Å². The summed E-state index contributed by atoms with van der Waals surface area (Å²) in [5, 5.41) is 3.49. The molecule has 0 aliphatic carbocycles. The number of halogens is 1. The van der Waals surface area contributed by atoms with Gasteiger partial charge in [0.25, 0.3) is 0 Å². The maximum atomic E-state index is 11.1. The van der Waals surface area contributed by atoms with Crippen LogP contribution in [0.3, 0.4) is 0 Å². The molecule has 0 atom stereocenters. The fraction of sp³-hybridized carbons (Fsp3) is 0.417. The second kappa shape index (κ2) is 5.89. The number of nitrogens with one attached hydrogen (secondary N) is 1. The molecule has 1 amide bonds. The summed E-state index contributed by atoms with van der Waals surface area (Å²) in [6, 6.07) is 7.27. The lowest BCUT2D eigenvalue weighted by atomic mass is 10.3. The third-order valence-corrected chi connectivity index (χ3v) is 2.86. The third kappa shape index (κ3) is 3.91. The molecule has 1 saturated heterocycles. The van der Waals surface area contributed by atoms with E-state index >= 15 is 0 Å². The molecule has 1 aliphatic heterocycles. The molecule has 1 N–H and O–H groups in total. The molecule has 17 heavy (non-hydrogen) atoms. The minimum absolute atomic E-state index is 0.0859. The van der Waals surface area contributed by atoms with Gasteiger partial charge in [0.1, 0.15) is 12.4 Å². The number of carbonyl (C=O) groups is 1. The number of nitrogens with zero attached hydrogens (tertiary/aromatic N) is 1. The Hall–Kier alpha value is -1.26. The first-order valence-corrected chi connectivity index (χ1v) is 5.99. The SMILES string of the molecule is O=C1CN(CCOc2ccc(Cl)cc2)CCN1. The topological polar surface area (TPSA) is 41.6 Å². The molecule has 92 valence electrons. The van der Waals surface area contributed by atoms with Crippen LogP contribution in [-0.2, 0) is 4.79 Å². The lowest BCUT2D eigenvalue weighted by Gasteiger charge is -2.26. The maximum absolute atomic E-state index is 11.1. The summed E-state index contributed by atoms with van der Waals surface area (Å²) < 4.78 is 5.57. The molecule has 5 heteroatoms. The minimum atomic E-state index is 0.0859. The monoisotopic (exact) mass is 254 g/mol. The van der Waals surface area contributed by atoms with E-state index in [0.717, 1.165) is 25.4 Å². The molecule has 0 radical (unpaired) electrons. The van der Waals surface area contributed by atoms with Crippen molar-refractivity contribution >= 4 is 17.5 Å². The molecule has 1 aromatic rings. The van der Waals surface area contributed by atoms with E-state index in [0.29, 0.717) is 18.2 Å². The summed E-state index contributed by atoms with van der Waals surface area (Å²) in [6.07, 6.45) is 0. The Morgan fingerprint density at radius 1 is 1.35 bits per heavy atom. The largest absolute Gasteiger partial charge is 0.492 e. The molecule has 0 spiro atoms. The number of rotatable bonds is 4. The van der Waals surface area contributed by atoms with E-state index < -0.39 is 0 Å². The van der Waals surface area contributed by atoms with Crippen LogP contribution in [0.25, 0.3) is 0 Å². The molecule has 2 rings (SSSR count). The van der Waals surface area contributed by atoms with Crippen LogP contribution in [0.5, 0.6) is 5.75 Å². The average Bonchev–Trinajstić information content (AvgIpc) is 2.32. The summed E-state index contributed by atoms with van der Waals surface area (Å²) in [4.78, 5) is 13.2. The van der Waals surface area contributed by atoms with Crippen LogP contribution in [0.1, 0.15) is 0 Å². The maximum Gasteiger partial charge on any atom is 0.234 e. The van der Waals surface area contributed by atoms with Gasteiger partial charge in [-0.25, -0.2) is 0 Å². The van der Waals surface area contributed by atoms with Crippen molar-refractivity contribution in [3.8, 4) is 5.75 Å². The quantitative estimate of drug-likeness (QED) is 0.877. The van der Waals surface area contributed by atoms with Crippen molar-refractivity contribution in [3.05, 3.63) is 29.3 Å². The smallest absolute Gasteiger partial charge is 0.234 e. The van der Waals surface area contributed by atoms with Crippen molar-refractivity contribution in [3.63, 3.8) is 0 Å². The van der Waals surface area contributed by atoms with Gasteiger partial charge in [-0.05, 0) is 24.3 Å². The van der Waals surface area contributed by atoms with Gasteiger partial charge in [0, 0.05) is 24.7 Å². The van der Waals surface area contributed by atoms with Crippen molar-refractivity contribution in [2.75, 3.05) is 32.8 Å². The van der Waals surface area contributed by atoms with Crippen molar-refractivity contribution < 1.29 is 9.53 Å². The van der Waals surface area contributed by atoms with Crippen LogP contribution in [0.4, 0.5) is 0 Å². The molecule has 1 aliphatic rings. The Bertz CT molecular complexity index is 381. The number of hydrogen-bond donors (Lipinski definition) is 1. The number of hydrogen-bond acceptors (Lipinski definition) is 3. The van der Waals surface area contributed by atoms with Crippen LogP contribution >= 0.6 is 11.6 Å². The van der Waals surface area contributed by atoms with Crippen molar-refractivity contribution in [1.29, 1.82) is 0 Å². The van der Waals surface area contributed by atoms with Crippen LogP contribution in [0.2, 0.25) is 5.02 Å². The van der Waals surface area contributed by atoms with Gasteiger partial charge in [-0.1, -0.05) is 11.6 Å². The summed E-state index contributed by atoms with van der Waals surface area (Å²) in [7, 11) is 0. The normalized spacial score (nSPS) is 16.6. The lowest BCUT2D eigenvalue weighted by molar-refractivity contribution is -0.124. The third-order valence-electron chi connectivity index (χ3n) is 2.61. The highest BCUT2D eigenvalue weighted by Gasteiger charge is 2.15. The summed E-state index contributed by atoms with van der Waals surface area (Å²) in [5.74, 6) is 0.888. The summed E-state index contributed by atoms with van der Waals surface area (Å²) in [6.45, 7) is 3.41. The van der Waals surface area contributed by atoms with Gasteiger partial charge in [0.15, 0.2) is 0 Å². The number of carbonyl (C=O) groups excluding carboxylic acids is 1. The van der Waals surface area contributed by atoms with Crippen LogP contribution in [0.15, 0.2) is 24.3 Å². The Morgan fingerprint density at radius 2 is 2.12 bits per heavy atom. The zero-order valence-electron chi connectivity index (χ0n) is 9.49. The molecular formula is C12H15ClN2O2. The van der Waals surface area contributed by atoms with E-state index in [-0.39, 0.29) is 5.91 Å². The lowest BCUT2D eigenvalue weighted by Crippen LogP contribution is -2.48. The number of benzene rings is 1. The van der Waals surface area contributed by atoms with Gasteiger partial charge in [0.2, 0.25) is 5.91 Å². The first-order valence-electron chi connectivity index (χ1n) is 5.61. The predicted molar refractivity (Wildman–Crippen MR) is 66.4 cm³/mol. The molecule has 0 saturated carbocycles. The second-order valence-electron chi connectivity index (χ2n) is 3.93. The zero-order valence-corrected chi connectivity index (χ0v) is 10.2. The Kier molecular flexibility index (Phi) is 4.23. The fourth-order valence-electron chi connectivity index (χ4n) is 1.71. The van der Waals surface area contributed by atoms with E-state index in [2.05, 4.69) is 10.2 Å².